The van der Waals surface area contributed by atoms with Crippen molar-refractivity contribution < 1.29 is 4.74 Å². The Hall–Kier alpha value is -0.650. The van der Waals surface area contributed by atoms with Crippen molar-refractivity contribution in [1.82, 2.24) is 10.3 Å². The average molecular weight is 297 g/mol. The highest BCUT2D eigenvalue weighted by molar-refractivity contribution is 7.15. The van der Waals surface area contributed by atoms with E-state index in [0.29, 0.717) is 12.1 Å². The maximum atomic E-state index is 5.27. The number of aryl methyl sites for hydroxylation is 1. The largest absolute Gasteiger partial charge is 0.383 e. The fraction of sp³-hybridized carbons (Fsp3) is 0.800. The monoisotopic (exact) mass is 297 g/mol. The molecular formula is C15H27N3OS. The summed E-state index contributed by atoms with van der Waals surface area (Å²) in [6.45, 7) is 8.31. The van der Waals surface area contributed by atoms with E-state index in [1.54, 1.807) is 7.11 Å². The zero-order valence-corrected chi connectivity index (χ0v) is 14.1. The summed E-state index contributed by atoms with van der Waals surface area (Å²) in [7, 11) is 3.76. The molecule has 0 bridgehead atoms. The van der Waals surface area contributed by atoms with Crippen molar-refractivity contribution in [3.63, 3.8) is 0 Å². The molecule has 0 aromatic carbocycles. The molecule has 1 aliphatic rings. The molecule has 1 N–H and O–H groups in total. The molecule has 1 saturated carbocycles. The first-order valence-electron chi connectivity index (χ1n) is 7.48. The minimum absolute atomic E-state index is 0.363. The van der Waals surface area contributed by atoms with Crippen molar-refractivity contribution in [2.24, 2.45) is 5.92 Å². The first-order valence-corrected chi connectivity index (χ1v) is 8.30. The highest BCUT2D eigenvalue weighted by Gasteiger charge is 2.33. The van der Waals surface area contributed by atoms with Crippen LogP contribution in [0.15, 0.2) is 0 Å². The first-order chi connectivity index (χ1) is 9.58. The van der Waals surface area contributed by atoms with Crippen LogP contribution in [-0.2, 0) is 4.74 Å². The van der Waals surface area contributed by atoms with Crippen molar-refractivity contribution in [3.05, 3.63) is 10.6 Å². The van der Waals surface area contributed by atoms with Crippen LogP contribution in [0.5, 0.6) is 0 Å². The molecule has 2 rings (SSSR count). The number of hydrogen-bond donors (Lipinski definition) is 1. The molecule has 0 spiro atoms. The number of ether oxygens (including phenoxy) is 1. The van der Waals surface area contributed by atoms with Gasteiger partial charge in [0.2, 0.25) is 0 Å². The molecule has 2 unspecified atom stereocenters. The Labute approximate surface area is 126 Å². The Morgan fingerprint density at radius 2 is 2.15 bits per heavy atom. The van der Waals surface area contributed by atoms with Crippen LogP contribution in [0.1, 0.15) is 43.3 Å². The highest BCUT2D eigenvalue weighted by atomic mass is 32.1. The third-order valence-corrected chi connectivity index (χ3v) is 5.60. The smallest absolute Gasteiger partial charge is 0.186 e. The summed E-state index contributed by atoms with van der Waals surface area (Å²) in [5.74, 6) is 0.834. The number of anilines is 1. The summed E-state index contributed by atoms with van der Waals surface area (Å²) < 4.78 is 5.27. The number of methoxy groups -OCH3 is 1. The number of nitrogens with one attached hydrogen (secondary N) is 1. The van der Waals surface area contributed by atoms with Crippen LogP contribution < -0.4 is 10.2 Å². The second-order valence-electron chi connectivity index (χ2n) is 5.72. The van der Waals surface area contributed by atoms with Gasteiger partial charge in [-0.1, -0.05) is 0 Å². The van der Waals surface area contributed by atoms with Crippen molar-refractivity contribution >= 4 is 16.5 Å². The van der Waals surface area contributed by atoms with Crippen LogP contribution in [0.2, 0.25) is 0 Å². The predicted molar refractivity (Wildman–Crippen MR) is 85.7 cm³/mol. The van der Waals surface area contributed by atoms with Crippen LogP contribution in [0.3, 0.4) is 0 Å². The summed E-state index contributed by atoms with van der Waals surface area (Å²) in [4.78, 5) is 8.59. The molecule has 0 radical (unpaired) electrons. The molecule has 2 atom stereocenters. The third kappa shape index (κ3) is 3.51. The predicted octanol–water partition coefficient (Wildman–Crippen LogP) is 2.98. The topological polar surface area (TPSA) is 37.4 Å². The van der Waals surface area contributed by atoms with E-state index in [4.69, 9.17) is 9.72 Å². The number of aromatic nitrogens is 1. The van der Waals surface area contributed by atoms with E-state index >= 15 is 0 Å². The summed E-state index contributed by atoms with van der Waals surface area (Å²) in [5, 5.41) is 4.46. The maximum Gasteiger partial charge on any atom is 0.186 e. The Balaban J connectivity index is 2.19. The van der Waals surface area contributed by atoms with Gasteiger partial charge in [0, 0.05) is 30.6 Å². The van der Waals surface area contributed by atoms with E-state index in [-0.39, 0.29) is 0 Å². The molecule has 20 heavy (non-hydrogen) atoms. The summed E-state index contributed by atoms with van der Waals surface area (Å²) in [6, 6.07) is 0.926. The van der Waals surface area contributed by atoms with E-state index in [2.05, 4.69) is 31.0 Å². The summed E-state index contributed by atoms with van der Waals surface area (Å²) in [6.07, 6.45) is 2.71. The fourth-order valence-corrected chi connectivity index (χ4v) is 3.79. The molecule has 1 fully saturated rings. The summed E-state index contributed by atoms with van der Waals surface area (Å²) >= 11 is 1.82. The van der Waals surface area contributed by atoms with Crippen LogP contribution in [0.25, 0.3) is 0 Å². The van der Waals surface area contributed by atoms with E-state index in [0.717, 1.165) is 29.9 Å². The second kappa shape index (κ2) is 6.87. The van der Waals surface area contributed by atoms with Crippen molar-refractivity contribution in [1.29, 1.82) is 0 Å². The standard InChI is InChI=1S/C15H27N3OS/c1-10(16-4)14-11(2)17-15(20-14)18(8-9-19-5)12(3)13-6-7-13/h10,12-13,16H,6-9H2,1-5H3. The number of rotatable bonds is 8. The quantitative estimate of drug-likeness (QED) is 0.800. The lowest BCUT2D eigenvalue weighted by Gasteiger charge is -2.28. The fourth-order valence-electron chi connectivity index (χ4n) is 2.55. The Morgan fingerprint density at radius 1 is 1.45 bits per heavy atom. The van der Waals surface area contributed by atoms with Crippen LogP contribution in [-0.4, -0.2) is 38.3 Å². The van der Waals surface area contributed by atoms with Crippen LogP contribution in [0.4, 0.5) is 5.13 Å². The second-order valence-corrected chi connectivity index (χ2v) is 6.73. The molecular weight excluding hydrogens is 270 g/mol. The van der Waals surface area contributed by atoms with E-state index in [9.17, 15) is 0 Å². The molecule has 1 aromatic heterocycles. The Kier molecular flexibility index (Phi) is 5.41. The van der Waals surface area contributed by atoms with Gasteiger partial charge in [0.25, 0.3) is 0 Å². The maximum absolute atomic E-state index is 5.27. The van der Waals surface area contributed by atoms with Crippen molar-refractivity contribution in [2.75, 3.05) is 32.2 Å². The van der Waals surface area contributed by atoms with Gasteiger partial charge < -0.3 is 15.0 Å². The molecule has 0 amide bonds. The molecule has 114 valence electrons. The van der Waals surface area contributed by atoms with Gasteiger partial charge in [-0.05, 0) is 46.6 Å². The molecule has 1 heterocycles. The average Bonchev–Trinajstić information content (AvgIpc) is 3.22. The minimum Gasteiger partial charge on any atom is -0.383 e. The van der Waals surface area contributed by atoms with Gasteiger partial charge in [0.05, 0.1) is 12.3 Å². The van der Waals surface area contributed by atoms with Gasteiger partial charge in [-0.25, -0.2) is 4.98 Å². The molecule has 1 aliphatic carbocycles. The molecule has 1 aromatic rings. The summed E-state index contributed by atoms with van der Waals surface area (Å²) in [5.41, 5.74) is 1.15. The van der Waals surface area contributed by atoms with E-state index in [1.807, 2.05) is 18.4 Å². The van der Waals surface area contributed by atoms with Crippen LogP contribution >= 0.6 is 11.3 Å². The highest BCUT2D eigenvalue weighted by Crippen LogP contribution is 2.39. The zero-order valence-electron chi connectivity index (χ0n) is 13.3. The first kappa shape index (κ1) is 15.7. The SMILES string of the molecule is CNC(C)c1sc(N(CCOC)C(C)C2CC2)nc1C. The Bertz CT molecular complexity index is 431. The lowest BCUT2D eigenvalue weighted by Crippen LogP contribution is -2.37. The normalized spacial score (nSPS) is 18.1. The minimum atomic E-state index is 0.363. The van der Waals surface area contributed by atoms with E-state index in [1.165, 1.54) is 17.7 Å². The van der Waals surface area contributed by atoms with Gasteiger partial charge in [-0.2, -0.15) is 0 Å². The van der Waals surface area contributed by atoms with Gasteiger partial charge in [0.1, 0.15) is 0 Å². The number of nitrogens with zero attached hydrogens (tertiary/aromatic N) is 2. The molecule has 0 saturated heterocycles. The van der Waals surface area contributed by atoms with E-state index < -0.39 is 0 Å². The molecule has 4 nitrogen and oxygen atoms in total. The Morgan fingerprint density at radius 3 is 2.70 bits per heavy atom. The van der Waals surface area contributed by atoms with Gasteiger partial charge >= 0.3 is 0 Å². The molecule has 0 aliphatic heterocycles. The van der Waals surface area contributed by atoms with Crippen molar-refractivity contribution in [3.8, 4) is 0 Å². The van der Waals surface area contributed by atoms with Gasteiger partial charge in [0.15, 0.2) is 5.13 Å². The van der Waals surface area contributed by atoms with Crippen molar-refractivity contribution in [2.45, 2.75) is 45.7 Å². The number of hydrogen-bond acceptors (Lipinski definition) is 5. The van der Waals surface area contributed by atoms with Crippen LogP contribution in [0, 0.1) is 12.8 Å². The third-order valence-electron chi connectivity index (χ3n) is 4.23. The molecule has 5 heteroatoms. The van der Waals surface area contributed by atoms with Gasteiger partial charge in [-0.3, -0.25) is 0 Å². The lowest BCUT2D eigenvalue weighted by molar-refractivity contribution is 0.202. The lowest BCUT2D eigenvalue weighted by atomic mass is 10.2. The zero-order chi connectivity index (χ0) is 14.7. The number of thiazole rings is 1. The van der Waals surface area contributed by atoms with Gasteiger partial charge in [-0.15, -0.1) is 11.3 Å².